The molecule has 1 aliphatic rings. The predicted octanol–water partition coefficient (Wildman–Crippen LogP) is 14.7. The minimum absolute atomic E-state index is 0.678. The Hall–Kier alpha value is -7.12. The minimum Gasteiger partial charge on any atom is -0.308 e. The van der Waals surface area contributed by atoms with Crippen LogP contribution in [0.4, 0.5) is 0 Å². The molecule has 4 nitrogen and oxygen atoms in total. The number of thiophene rings is 2. The van der Waals surface area contributed by atoms with Gasteiger partial charge in [0.1, 0.15) is 4.83 Å². The highest BCUT2D eigenvalue weighted by Gasteiger charge is 2.29. The van der Waals surface area contributed by atoms with E-state index in [-0.39, 0.29) is 0 Å². The fourth-order valence-electron chi connectivity index (χ4n) is 9.93. The molecule has 0 aliphatic carbocycles. The van der Waals surface area contributed by atoms with Crippen molar-refractivity contribution in [3.8, 4) is 45.1 Å². The Morgan fingerprint density at radius 2 is 1.03 bits per heavy atom. The van der Waals surface area contributed by atoms with Gasteiger partial charge in [0.25, 0.3) is 0 Å². The van der Waals surface area contributed by atoms with Crippen LogP contribution >= 0.6 is 22.7 Å². The van der Waals surface area contributed by atoms with Crippen LogP contribution in [-0.2, 0) is 0 Å². The maximum absolute atomic E-state index is 5.67. The molecule has 0 N–H and O–H groups in total. The first-order valence-electron chi connectivity index (χ1n) is 19.6. The van der Waals surface area contributed by atoms with Crippen molar-refractivity contribution < 1.29 is 0 Å². The summed E-state index contributed by atoms with van der Waals surface area (Å²) in [5.74, 6) is 0.678. The summed E-state index contributed by atoms with van der Waals surface area (Å²) in [6, 6.07) is 62.1. The molecular weight excluding hydrogens is 745 g/mol. The molecule has 0 saturated carbocycles. The van der Waals surface area contributed by atoms with Crippen LogP contribution in [0.1, 0.15) is 0 Å². The second kappa shape index (κ2) is 11.3. The molecule has 8 aromatic carbocycles. The number of aromatic nitrogens is 4. The van der Waals surface area contributed by atoms with Gasteiger partial charge in [-0.3, -0.25) is 4.57 Å². The van der Waals surface area contributed by atoms with E-state index in [0.717, 1.165) is 32.5 Å². The number of nitrogens with zero attached hydrogens (tertiary/aromatic N) is 4. The van der Waals surface area contributed by atoms with Gasteiger partial charge in [0, 0.05) is 73.9 Å². The summed E-state index contributed by atoms with van der Waals surface area (Å²) in [5.41, 5.74) is 12.8. The zero-order valence-corrected chi connectivity index (χ0v) is 32.4. The van der Waals surface area contributed by atoms with Gasteiger partial charge in [-0.15, -0.1) is 22.7 Å². The van der Waals surface area contributed by atoms with Crippen LogP contribution in [0, 0.1) is 0 Å². The zero-order chi connectivity index (χ0) is 37.6. The predicted molar refractivity (Wildman–Crippen MR) is 246 cm³/mol. The van der Waals surface area contributed by atoms with Gasteiger partial charge >= 0.3 is 0 Å². The fraction of sp³-hybridized carbons (Fsp3) is 0. The van der Waals surface area contributed by atoms with Crippen molar-refractivity contribution in [3.05, 3.63) is 170 Å². The number of fused-ring (bicyclic) bond motifs is 18. The minimum atomic E-state index is 0.678. The quantitative estimate of drug-likeness (QED) is 0.175. The van der Waals surface area contributed by atoms with Crippen LogP contribution in [0.25, 0.3) is 129 Å². The van der Waals surface area contributed by atoms with Crippen molar-refractivity contribution in [1.82, 2.24) is 19.1 Å². The standard InChI is InChI=1S/C52H28N4S2/c1-2-17-35-30(13-1)31-14-3-8-20-39(31)55-40-21-9-4-15-32(40)38-28-42-46(47(35)50(38)55)36-18-5-10-22-41(36)56(42)52-53-49(48-37-19-7-12-24-44(37)58-51(48)54-52)29-25-26-34-33-16-6-11-23-43(33)57-45(34)27-29/h1-28H. The van der Waals surface area contributed by atoms with E-state index < -0.39 is 0 Å². The van der Waals surface area contributed by atoms with E-state index in [9.17, 15) is 0 Å². The molecular formula is C52H28N4S2. The summed E-state index contributed by atoms with van der Waals surface area (Å²) >= 11 is 3.59. The van der Waals surface area contributed by atoms with Crippen molar-refractivity contribution in [1.29, 1.82) is 0 Å². The lowest BCUT2D eigenvalue weighted by molar-refractivity contribution is 1.02. The SMILES string of the molecule is c1ccc2c(c1)-c1ccccc1-n1c3ccccc3c3cc4c(c-2c31)c1ccccc1n4-c1nc(-c2ccc3c(c2)sc2ccccc23)c2c(n1)sc1ccccc12. The molecule has 1 aliphatic heterocycles. The van der Waals surface area contributed by atoms with Gasteiger partial charge in [-0.25, -0.2) is 9.97 Å². The zero-order valence-electron chi connectivity index (χ0n) is 30.8. The van der Waals surface area contributed by atoms with Gasteiger partial charge in [-0.05, 0) is 53.6 Å². The summed E-state index contributed by atoms with van der Waals surface area (Å²) in [6.07, 6.45) is 0. The van der Waals surface area contributed by atoms with E-state index in [4.69, 9.17) is 9.97 Å². The first kappa shape index (κ1) is 31.0. The third-order valence-corrected chi connectivity index (χ3v) is 14.5. The fourth-order valence-corrected chi connectivity index (χ4v) is 12.1. The number of hydrogen-bond donors (Lipinski definition) is 0. The molecule has 0 radical (unpaired) electrons. The van der Waals surface area contributed by atoms with Crippen LogP contribution in [0.2, 0.25) is 0 Å². The maximum atomic E-state index is 5.67. The second-order valence-electron chi connectivity index (χ2n) is 15.3. The highest BCUT2D eigenvalue weighted by Crippen LogP contribution is 2.52. The smallest absolute Gasteiger partial charge is 0.236 e. The molecule has 5 aromatic heterocycles. The lowest BCUT2D eigenvalue weighted by Crippen LogP contribution is -2.03. The molecule has 6 heteroatoms. The molecule has 58 heavy (non-hydrogen) atoms. The summed E-state index contributed by atoms with van der Waals surface area (Å²) in [5, 5.41) is 9.70. The Kier molecular flexibility index (Phi) is 6.02. The molecule has 0 bridgehead atoms. The molecule has 13 aromatic rings. The van der Waals surface area contributed by atoms with Gasteiger partial charge in [0.2, 0.25) is 5.95 Å². The summed E-state index contributed by atoms with van der Waals surface area (Å²) in [6.45, 7) is 0. The van der Waals surface area contributed by atoms with Crippen molar-refractivity contribution in [2.24, 2.45) is 0 Å². The van der Waals surface area contributed by atoms with Gasteiger partial charge in [-0.1, -0.05) is 127 Å². The normalized spacial score (nSPS) is 12.5. The lowest BCUT2D eigenvalue weighted by Gasteiger charge is -2.13. The summed E-state index contributed by atoms with van der Waals surface area (Å²) in [4.78, 5) is 12.2. The third-order valence-electron chi connectivity index (χ3n) is 12.3. The number of hydrogen-bond acceptors (Lipinski definition) is 4. The molecule has 0 unspecified atom stereocenters. The Balaban J connectivity index is 1.15. The van der Waals surface area contributed by atoms with E-state index >= 15 is 0 Å². The summed E-state index contributed by atoms with van der Waals surface area (Å²) < 4.78 is 8.60. The second-order valence-corrected chi connectivity index (χ2v) is 17.4. The van der Waals surface area contributed by atoms with E-state index in [1.165, 1.54) is 90.8 Å². The van der Waals surface area contributed by atoms with Gasteiger partial charge in [-0.2, -0.15) is 0 Å². The first-order valence-corrected chi connectivity index (χ1v) is 21.2. The largest absolute Gasteiger partial charge is 0.308 e. The molecule has 0 fully saturated rings. The van der Waals surface area contributed by atoms with Crippen LogP contribution in [-0.4, -0.2) is 19.1 Å². The molecule has 0 saturated heterocycles. The van der Waals surface area contributed by atoms with Crippen LogP contribution < -0.4 is 0 Å². The molecule has 268 valence electrons. The van der Waals surface area contributed by atoms with Gasteiger partial charge in [0.05, 0.1) is 33.4 Å². The van der Waals surface area contributed by atoms with E-state index in [2.05, 4.69) is 179 Å². The van der Waals surface area contributed by atoms with Crippen LogP contribution in [0.15, 0.2) is 170 Å². The van der Waals surface area contributed by atoms with Crippen LogP contribution in [0.5, 0.6) is 0 Å². The number of rotatable bonds is 2. The third kappa shape index (κ3) is 3.98. The topological polar surface area (TPSA) is 35.6 Å². The average molecular weight is 773 g/mol. The molecule has 14 rings (SSSR count). The Morgan fingerprint density at radius 1 is 0.397 bits per heavy atom. The number of para-hydroxylation sites is 3. The maximum Gasteiger partial charge on any atom is 0.236 e. The van der Waals surface area contributed by atoms with E-state index in [0.29, 0.717) is 5.95 Å². The molecule has 0 atom stereocenters. The lowest BCUT2D eigenvalue weighted by atomic mass is 9.91. The van der Waals surface area contributed by atoms with Crippen LogP contribution in [0.3, 0.4) is 0 Å². The van der Waals surface area contributed by atoms with Gasteiger partial charge in [0.15, 0.2) is 0 Å². The Labute approximate surface area is 339 Å². The monoisotopic (exact) mass is 772 g/mol. The van der Waals surface area contributed by atoms with E-state index in [1.54, 1.807) is 11.3 Å². The summed E-state index contributed by atoms with van der Waals surface area (Å²) in [7, 11) is 0. The Morgan fingerprint density at radius 3 is 1.88 bits per heavy atom. The Bertz CT molecular complexity index is 3930. The molecule has 0 amide bonds. The highest BCUT2D eigenvalue weighted by atomic mass is 32.1. The van der Waals surface area contributed by atoms with Crippen molar-refractivity contribution in [3.63, 3.8) is 0 Å². The molecule has 0 spiro atoms. The number of benzene rings is 8. The molecule has 6 heterocycles. The van der Waals surface area contributed by atoms with Crippen molar-refractivity contribution in [2.75, 3.05) is 0 Å². The highest BCUT2D eigenvalue weighted by molar-refractivity contribution is 7.26. The van der Waals surface area contributed by atoms with E-state index in [1.807, 2.05) is 11.3 Å². The van der Waals surface area contributed by atoms with Crippen molar-refractivity contribution >= 4 is 107 Å². The average Bonchev–Trinajstić information content (AvgIpc) is 4.01. The first-order chi connectivity index (χ1) is 28.8. The van der Waals surface area contributed by atoms with Crippen molar-refractivity contribution in [2.45, 2.75) is 0 Å². The van der Waals surface area contributed by atoms with Gasteiger partial charge < -0.3 is 4.57 Å².